The molecule has 0 aliphatic carbocycles. The predicted octanol–water partition coefficient (Wildman–Crippen LogP) is 0.690. The van der Waals surface area contributed by atoms with Crippen LogP contribution >= 0.6 is 0 Å². The summed E-state index contributed by atoms with van der Waals surface area (Å²) in [6.45, 7) is 7.21. The normalized spacial score (nSPS) is 22.8. The number of nitrogens with zero attached hydrogens (tertiary/aromatic N) is 1. The van der Waals surface area contributed by atoms with E-state index in [1.165, 1.54) is 6.07 Å². The summed E-state index contributed by atoms with van der Waals surface area (Å²) in [7, 11) is -3.81. The van der Waals surface area contributed by atoms with Gasteiger partial charge in [-0.3, -0.25) is 9.69 Å². The van der Waals surface area contributed by atoms with Crippen LogP contribution < -0.4 is 10.5 Å². The van der Waals surface area contributed by atoms with E-state index in [9.17, 15) is 13.2 Å². The van der Waals surface area contributed by atoms with Gasteiger partial charge >= 0.3 is 0 Å². The summed E-state index contributed by atoms with van der Waals surface area (Å²) in [6.07, 6.45) is 0.167. The van der Waals surface area contributed by atoms with Gasteiger partial charge in [-0.25, -0.2) is 13.6 Å². The summed E-state index contributed by atoms with van der Waals surface area (Å²) in [5.41, 5.74) is 0.959. The molecule has 0 aromatic heterocycles. The Morgan fingerprint density at radius 2 is 1.96 bits per heavy atom. The van der Waals surface area contributed by atoms with Crippen molar-refractivity contribution in [1.82, 2.24) is 4.90 Å². The van der Waals surface area contributed by atoms with Gasteiger partial charge in [-0.15, -0.1) is 0 Å². The maximum atomic E-state index is 12.2. The third kappa shape index (κ3) is 5.00. The molecule has 7 nitrogen and oxygen atoms in total. The van der Waals surface area contributed by atoms with Crippen LogP contribution in [0.5, 0.6) is 0 Å². The zero-order valence-corrected chi connectivity index (χ0v) is 14.4. The van der Waals surface area contributed by atoms with Gasteiger partial charge < -0.3 is 10.1 Å². The van der Waals surface area contributed by atoms with Gasteiger partial charge in [0.2, 0.25) is 15.9 Å². The fraction of sp³-hybridized carbons (Fsp3) is 0.533. The highest BCUT2D eigenvalue weighted by atomic mass is 32.2. The highest BCUT2D eigenvalue weighted by Crippen LogP contribution is 2.19. The van der Waals surface area contributed by atoms with Crippen LogP contribution in [0, 0.1) is 6.92 Å². The number of rotatable bonds is 4. The Hall–Kier alpha value is -1.48. The predicted molar refractivity (Wildman–Crippen MR) is 87.6 cm³/mol. The lowest BCUT2D eigenvalue weighted by atomic mass is 10.2. The summed E-state index contributed by atoms with van der Waals surface area (Å²) in [6, 6.07) is 4.66. The smallest absolute Gasteiger partial charge is 0.238 e. The van der Waals surface area contributed by atoms with Gasteiger partial charge in [0.15, 0.2) is 0 Å². The molecule has 2 atom stereocenters. The minimum atomic E-state index is -3.81. The van der Waals surface area contributed by atoms with E-state index in [0.29, 0.717) is 24.3 Å². The first-order valence-electron chi connectivity index (χ1n) is 7.46. The van der Waals surface area contributed by atoms with Crippen molar-refractivity contribution in [2.75, 3.05) is 25.0 Å². The third-order valence-electron chi connectivity index (χ3n) is 3.64. The molecule has 23 heavy (non-hydrogen) atoms. The molecule has 1 amide bonds. The van der Waals surface area contributed by atoms with E-state index >= 15 is 0 Å². The van der Waals surface area contributed by atoms with E-state index in [-0.39, 0.29) is 29.6 Å². The number of primary sulfonamides is 1. The van der Waals surface area contributed by atoms with Crippen LogP contribution in [0.2, 0.25) is 0 Å². The molecule has 3 N–H and O–H groups in total. The lowest BCUT2D eigenvalue weighted by molar-refractivity contribution is -0.121. The third-order valence-corrected chi connectivity index (χ3v) is 4.69. The molecule has 128 valence electrons. The second-order valence-electron chi connectivity index (χ2n) is 6.02. The molecule has 1 heterocycles. The highest BCUT2D eigenvalue weighted by molar-refractivity contribution is 7.89. The number of benzene rings is 1. The Labute approximate surface area is 136 Å². The molecule has 0 unspecified atom stereocenters. The van der Waals surface area contributed by atoms with E-state index in [4.69, 9.17) is 9.88 Å². The molecule has 1 aromatic rings. The molecular weight excluding hydrogens is 318 g/mol. The fourth-order valence-electron chi connectivity index (χ4n) is 2.80. The summed E-state index contributed by atoms with van der Waals surface area (Å²) >= 11 is 0. The standard InChI is InChI=1S/C15H23N3O4S/c1-10-4-5-13(6-14(10)23(16,20)21)17-15(19)9-18-7-11(2)22-12(3)8-18/h4-6,11-12H,7-9H2,1-3H3,(H,17,19)(H2,16,20,21)/t11-,12-/m0/s1. The van der Waals surface area contributed by atoms with Gasteiger partial charge in [0.25, 0.3) is 0 Å². The van der Waals surface area contributed by atoms with Crippen LogP contribution in [0.15, 0.2) is 23.1 Å². The number of amides is 1. The minimum absolute atomic E-state index is 0.0175. The Morgan fingerprint density at radius 1 is 1.35 bits per heavy atom. The van der Waals surface area contributed by atoms with E-state index in [1.54, 1.807) is 19.1 Å². The van der Waals surface area contributed by atoms with Crippen LogP contribution in [-0.2, 0) is 19.6 Å². The second-order valence-corrected chi connectivity index (χ2v) is 7.55. The van der Waals surface area contributed by atoms with E-state index in [1.807, 2.05) is 18.7 Å². The number of hydrogen-bond acceptors (Lipinski definition) is 5. The van der Waals surface area contributed by atoms with Crippen molar-refractivity contribution < 1.29 is 17.9 Å². The SMILES string of the molecule is Cc1ccc(NC(=O)CN2C[C@H](C)O[C@@H](C)C2)cc1S(N)(=O)=O. The topological polar surface area (TPSA) is 102 Å². The highest BCUT2D eigenvalue weighted by Gasteiger charge is 2.23. The molecule has 8 heteroatoms. The van der Waals surface area contributed by atoms with E-state index in [2.05, 4.69) is 5.32 Å². The second kappa shape index (κ2) is 6.96. The molecule has 0 saturated carbocycles. The number of ether oxygens (including phenoxy) is 1. The van der Waals surface area contributed by atoms with Crippen LogP contribution in [0.3, 0.4) is 0 Å². The van der Waals surface area contributed by atoms with Gasteiger partial charge in [0.1, 0.15) is 0 Å². The lowest BCUT2D eigenvalue weighted by Gasteiger charge is -2.34. The monoisotopic (exact) mass is 341 g/mol. The zero-order valence-electron chi connectivity index (χ0n) is 13.6. The number of aryl methyl sites for hydroxylation is 1. The van der Waals surface area contributed by atoms with Crippen molar-refractivity contribution in [3.8, 4) is 0 Å². The number of carbonyl (C=O) groups is 1. The molecule has 0 radical (unpaired) electrons. The average Bonchev–Trinajstić information content (AvgIpc) is 2.38. The maximum Gasteiger partial charge on any atom is 0.238 e. The van der Waals surface area contributed by atoms with Crippen LogP contribution in [0.4, 0.5) is 5.69 Å². The van der Waals surface area contributed by atoms with Gasteiger partial charge in [0, 0.05) is 18.8 Å². The average molecular weight is 341 g/mol. The molecule has 0 bridgehead atoms. The Balaban J connectivity index is 2.03. The van der Waals surface area contributed by atoms with Crippen molar-refractivity contribution in [2.45, 2.75) is 37.9 Å². The molecule has 1 aliphatic heterocycles. The number of sulfonamides is 1. The number of anilines is 1. The summed E-state index contributed by atoms with van der Waals surface area (Å²) in [5.74, 6) is -0.199. The lowest BCUT2D eigenvalue weighted by Crippen LogP contribution is -2.48. The van der Waals surface area contributed by atoms with Crippen molar-refractivity contribution in [3.63, 3.8) is 0 Å². The quantitative estimate of drug-likeness (QED) is 0.839. The number of carbonyl (C=O) groups excluding carboxylic acids is 1. The largest absolute Gasteiger partial charge is 0.373 e. The van der Waals surface area contributed by atoms with Gasteiger partial charge in [0.05, 0.1) is 23.6 Å². The first-order valence-corrected chi connectivity index (χ1v) is 9.01. The van der Waals surface area contributed by atoms with Gasteiger partial charge in [-0.1, -0.05) is 6.07 Å². The Kier molecular flexibility index (Phi) is 5.41. The van der Waals surface area contributed by atoms with Crippen molar-refractivity contribution in [2.24, 2.45) is 5.14 Å². The Bertz CT molecular complexity index is 680. The van der Waals surface area contributed by atoms with Crippen molar-refractivity contribution >= 4 is 21.6 Å². The van der Waals surface area contributed by atoms with Crippen molar-refractivity contribution in [3.05, 3.63) is 23.8 Å². The van der Waals surface area contributed by atoms with Gasteiger partial charge in [-0.05, 0) is 38.5 Å². The summed E-state index contributed by atoms with van der Waals surface area (Å²) in [4.78, 5) is 14.2. The van der Waals surface area contributed by atoms with Crippen LogP contribution in [0.1, 0.15) is 19.4 Å². The molecule has 2 rings (SSSR count). The van der Waals surface area contributed by atoms with Crippen LogP contribution in [0.25, 0.3) is 0 Å². The summed E-state index contributed by atoms with van der Waals surface area (Å²) in [5, 5.41) is 7.89. The molecule has 1 aromatic carbocycles. The first kappa shape index (κ1) is 17.9. The van der Waals surface area contributed by atoms with Crippen LogP contribution in [-0.4, -0.2) is 51.1 Å². The maximum absolute atomic E-state index is 12.2. The first-order chi connectivity index (χ1) is 10.6. The summed E-state index contributed by atoms with van der Waals surface area (Å²) < 4.78 is 28.7. The number of morpholine rings is 1. The van der Waals surface area contributed by atoms with E-state index < -0.39 is 10.0 Å². The zero-order chi connectivity index (χ0) is 17.2. The minimum Gasteiger partial charge on any atom is -0.373 e. The van der Waals surface area contributed by atoms with Gasteiger partial charge in [-0.2, -0.15) is 0 Å². The number of nitrogens with one attached hydrogen (secondary N) is 1. The van der Waals surface area contributed by atoms with Crippen molar-refractivity contribution in [1.29, 1.82) is 0 Å². The number of hydrogen-bond donors (Lipinski definition) is 2. The fourth-order valence-corrected chi connectivity index (χ4v) is 3.61. The molecule has 1 fully saturated rings. The number of nitrogens with two attached hydrogens (primary N) is 1. The molecule has 1 aliphatic rings. The molecule has 1 saturated heterocycles. The van der Waals surface area contributed by atoms with E-state index in [0.717, 1.165) is 0 Å². The Morgan fingerprint density at radius 3 is 2.52 bits per heavy atom. The molecule has 0 spiro atoms. The molecular formula is C15H23N3O4S.